The van der Waals surface area contributed by atoms with Gasteiger partial charge in [-0.3, -0.25) is 0 Å². The van der Waals surface area contributed by atoms with Crippen LogP contribution in [0.4, 0.5) is 0 Å². The fourth-order valence-electron chi connectivity index (χ4n) is 1.78. The van der Waals surface area contributed by atoms with Crippen molar-refractivity contribution in [2.45, 2.75) is 60.2 Å². The van der Waals surface area contributed by atoms with Gasteiger partial charge >= 0.3 is 0 Å². The van der Waals surface area contributed by atoms with Gasteiger partial charge in [0.15, 0.2) is 0 Å². The van der Waals surface area contributed by atoms with E-state index in [2.05, 4.69) is 41.5 Å². The van der Waals surface area contributed by atoms with Gasteiger partial charge in [-0.15, -0.1) is 0 Å². The Labute approximate surface area is 92.6 Å². The Kier molecular flexibility index (Phi) is 1.96. The molecule has 0 aromatic heterocycles. The lowest BCUT2D eigenvalue weighted by Gasteiger charge is -2.24. The van der Waals surface area contributed by atoms with E-state index in [1.165, 1.54) is 0 Å². The largest absolute Gasteiger partial charge is 0.453 e. The lowest BCUT2D eigenvalue weighted by atomic mass is 9.85. The topological polar surface area (TPSA) is 18.5 Å². The molecule has 2 rings (SSSR count). The van der Waals surface area contributed by atoms with Gasteiger partial charge in [-0.25, -0.2) is 0 Å². The molecule has 0 N–H and O–H groups in total. The van der Waals surface area contributed by atoms with Gasteiger partial charge in [0.05, 0.1) is 0 Å². The molecule has 1 heterocycles. The zero-order valence-electron chi connectivity index (χ0n) is 10.7. The lowest BCUT2D eigenvalue weighted by Crippen LogP contribution is -2.17. The molecule has 2 aliphatic rings. The zero-order chi connectivity index (χ0) is 11.5. The van der Waals surface area contributed by atoms with Gasteiger partial charge < -0.3 is 9.47 Å². The van der Waals surface area contributed by atoms with Crippen LogP contribution in [0.5, 0.6) is 0 Å². The van der Waals surface area contributed by atoms with Crippen LogP contribution in [0.15, 0.2) is 11.5 Å². The second kappa shape index (κ2) is 2.72. The normalized spacial score (nSPS) is 24.1. The molecule has 0 bridgehead atoms. The minimum atomic E-state index is -0.273. The SMILES string of the molecule is CC(C)(C)C1=C(C(C)(C)C)OC2(CC2)O1. The summed E-state index contributed by atoms with van der Waals surface area (Å²) in [4.78, 5) is 0. The number of ether oxygens (including phenoxy) is 2. The first-order valence-electron chi connectivity index (χ1n) is 5.77. The maximum atomic E-state index is 6.02. The summed E-state index contributed by atoms with van der Waals surface area (Å²) < 4.78 is 12.0. The van der Waals surface area contributed by atoms with E-state index in [9.17, 15) is 0 Å². The maximum Gasteiger partial charge on any atom is 0.251 e. The van der Waals surface area contributed by atoms with Gasteiger partial charge in [0.1, 0.15) is 11.5 Å². The number of rotatable bonds is 0. The van der Waals surface area contributed by atoms with Gasteiger partial charge in [0.2, 0.25) is 0 Å². The van der Waals surface area contributed by atoms with Crippen molar-refractivity contribution in [2.24, 2.45) is 10.8 Å². The fourth-order valence-corrected chi connectivity index (χ4v) is 1.78. The van der Waals surface area contributed by atoms with Crippen molar-refractivity contribution in [3.63, 3.8) is 0 Å². The monoisotopic (exact) mass is 210 g/mol. The van der Waals surface area contributed by atoms with Crippen molar-refractivity contribution in [1.82, 2.24) is 0 Å². The van der Waals surface area contributed by atoms with Crippen molar-refractivity contribution in [3.8, 4) is 0 Å². The minimum absolute atomic E-state index is 0.0364. The van der Waals surface area contributed by atoms with Crippen molar-refractivity contribution in [3.05, 3.63) is 11.5 Å². The standard InChI is InChI=1S/C13H22O2/c1-11(2,3)9-10(12(4,5)6)15-13(14-9)7-8-13/h7-8H2,1-6H3. The first kappa shape index (κ1) is 10.8. The molecule has 0 aromatic rings. The third-order valence-electron chi connectivity index (χ3n) is 2.80. The van der Waals surface area contributed by atoms with Crippen LogP contribution in [0.2, 0.25) is 0 Å². The first-order chi connectivity index (χ1) is 6.64. The van der Waals surface area contributed by atoms with E-state index in [0.717, 1.165) is 24.4 Å². The molecule has 0 aromatic carbocycles. The Morgan fingerprint density at radius 1 is 0.800 bits per heavy atom. The molecule has 1 aliphatic carbocycles. The second-order valence-corrected chi connectivity index (χ2v) is 6.77. The average Bonchev–Trinajstić information content (AvgIpc) is 2.55. The van der Waals surface area contributed by atoms with Crippen LogP contribution in [-0.4, -0.2) is 5.79 Å². The minimum Gasteiger partial charge on any atom is -0.453 e. The van der Waals surface area contributed by atoms with Crippen LogP contribution in [0.25, 0.3) is 0 Å². The first-order valence-corrected chi connectivity index (χ1v) is 5.77. The van der Waals surface area contributed by atoms with E-state index in [1.807, 2.05) is 0 Å². The van der Waals surface area contributed by atoms with E-state index in [1.54, 1.807) is 0 Å². The summed E-state index contributed by atoms with van der Waals surface area (Å²) in [5.41, 5.74) is 0.0728. The smallest absolute Gasteiger partial charge is 0.251 e. The third kappa shape index (κ3) is 1.86. The molecule has 2 nitrogen and oxygen atoms in total. The van der Waals surface area contributed by atoms with E-state index in [0.29, 0.717) is 0 Å². The van der Waals surface area contributed by atoms with Crippen molar-refractivity contribution < 1.29 is 9.47 Å². The second-order valence-electron chi connectivity index (χ2n) is 6.77. The molecule has 0 atom stereocenters. The fraction of sp³-hybridized carbons (Fsp3) is 0.846. The quantitative estimate of drug-likeness (QED) is 0.605. The Morgan fingerprint density at radius 3 is 1.33 bits per heavy atom. The summed E-state index contributed by atoms with van der Waals surface area (Å²) in [5.74, 6) is 1.82. The molecule has 1 saturated carbocycles. The van der Waals surface area contributed by atoms with Crippen LogP contribution in [-0.2, 0) is 9.47 Å². The molecule has 0 unspecified atom stereocenters. The van der Waals surface area contributed by atoms with Crippen LogP contribution in [0.1, 0.15) is 54.4 Å². The molecule has 2 heteroatoms. The van der Waals surface area contributed by atoms with Gasteiger partial charge in [-0.05, 0) is 0 Å². The molecule has 0 amide bonds. The molecule has 1 fully saturated rings. The van der Waals surface area contributed by atoms with Crippen molar-refractivity contribution >= 4 is 0 Å². The van der Waals surface area contributed by atoms with Gasteiger partial charge in [-0.1, -0.05) is 41.5 Å². The molecule has 0 saturated heterocycles. The molecule has 1 aliphatic heterocycles. The summed E-state index contributed by atoms with van der Waals surface area (Å²) in [7, 11) is 0. The van der Waals surface area contributed by atoms with Crippen molar-refractivity contribution in [2.75, 3.05) is 0 Å². The molecular weight excluding hydrogens is 188 g/mol. The highest BCUT2D eigenvalue weighted by atomic mass is 16.7. The number of allylic oxidation sites excluding steroid dienone is 2. The summed E-state index contributed by atoms with van der Waals surface area (Å²) in [6.07, 6.45) is 2.07. The summed E-state index contributed by atoms with van der Waals surface area (Å²) >= 11 is 0. The highest BCUT2D eigenvalue weighted by Gasteiger charge is 2.57. The van der Waals surface area contributed by atoms with Gasteiger partial charge in [-0.2, -0.15) is 0 Å². The van der Waals surface area contributed by atoms with E-state index in [4.69, 9.17) is 9.47 Å². The Bertz CT molecular complexity index is 280. The van der Waals surface area contributed by atoms with Gasteiger partial charge in [0.25, 0.3) is 5.79 Å². The predicted molar refractivity (Wildman–Crippen MR) is 60.1 cm³/mol. The molecule has 0 radical (unpaired) electrons. The summed E-state index contributed by atoms with van der Waals surface area (Å²) in [6.45, 7) is 13.1. The summed E-state index contributed by atoms with van der Waals surface area (Å²) in [6, 6.07) is 0. The number of hydrogen-bond acceptors (Lipinski definition) is 2. The van der Waals surface area contributed by atoms with Crippen LogP contribution in [0, 0.1) is 10.8 Å². The van der Waals surface area contributed by atoms with Crippen LogP contribution < -0.4 is 0 Å². The average molecular weight is 210 g/mol. The Morgan fingerprint density at radius 2 is 1.13 bits per heavy atom. The van der Waals surface area contributed by atoms with Crippen LogP contribution in [0.3, 0.4) is 0 Å². The molecule has 1 spiro atoms. The van der Waals surface area contributed by atoms with E-state index >= 15 is 0 Å². The van der Waals surface area contributed by atoms with Crippen LogP contribution >= 0.6 is 0 Å². The van der Waals surface area contributed by atoms with Crippen molar-refractivity contribution in [1.29, 1.82) is 0 Å². The van der Waals surface area contributed by atoms with E-state index < -0.39 is 0 Å². The Balaban J connectivity index is 2.36. The zero-order valence-corrected chi connectivity index (χ0v) is 10.7. The lowest BCUT2D eigenvalue weighted by molar-refractivity contribution is -0.0812. The third-order valence-corrected chi connectivity index (χ3v) is 2.80. The summed E-state index contributed by atoms with van der Waals surface area (Å²) in [5, 5.41) is 0. The van der Waals surface area contributed by atoms with E-state index in [-0.39, 0.29) is 16.6 Å². The molecule has 86 valence electrons. The number of hydrogen-bond donors (Lipinski definition) is 0. The predicted octanol–water partition coefficient (Wildman–Crippen LogP) is 3.83. The molecule has 15 heavy (non-hydrogen) atoms. The Hall–Kier alpha value is -0.660. The molecular formula is C13H22O2. The highest BCUT2D eigenvalue weighted by molar-refractivity contribution is 5.21. The highest BCUT2D eigenvalue weighted by Crippen LogP contribution is 2.55. The maximum absolute atomic E-state index is 6.02. The van der Waals surface area contributed by atoms with Gasteiger partial charge in [0, 0.05) is 23.7 Å².